The van der Waals surface area contributed by atoms with Crippen LogP contribution in [0.4, 0.5) is 34.5 Å². The first-order chi connectivity index (χ1) is 16.9. The second-order valence-corrected chi connectivity index (χ2v) is 10.1. The molecule has 3 N–H and O–H groups in total. The number of rotatable bonds is 8. The van der Waals surface area contributed by atoms with Gasteiger partial charge in [0, 0.05) is 61.7 Å². The van der Waals surface area contributed by atoms with Crippen LogP contribution in [0.5, 0.6) is 5.75 Å². The molecule has 0 aliphatic carbocycles. The summed E-state index contributed by atoms with van der Waals surface area (Å²) >= 11 is 3.91. The number of halogens is 1. The van der Waals surface area contributed by atoms with Gasteiger partial charge in [-0.05, 0) is 24.3 Å². The van der Waals surface area contributed by atoms with E-state index in [-0.39, 0.29) is 5.02 Å². The van der Waals surface area contributed by atoms with Gasteiger partial charge in [-0.3, -0.25) is 4.21 Å². The summed E-state index contributed by atoms with van der Waals surface area (Å²) in [7, 11) is 3.08. The average Bonchev–Trinajstić information content (AvgIpc) is 2.80. The number of hydrogen-bond donors (Lipinski definition) is 3. The first-order valence-electron chi connectivity index (χ1n) is 11.0. The van der Waals surface area contributed by atoms with Crippen LogP contribution in [-0.4, -0.2) is 59.1 Å². The average molecular weight is 515 g/mol. The maximum absolute atomic E-state index is 11.4. The molecule has 12 heteroatoms. The Hall–Kier alpha value is -3.12. The van der Waals surface area contributed by atoms with Crippen molar-refractivity contribution in [2.75, 3.05) is 60.2 Å². The summed E-state index contributed by atoms with van der Waals surface area (Å²) in [4.78, 5) is 11.1. The summed E-state index contributed by atoms with van der Waals surface area (Å²) in [6, 6.07) is 13.0. The number of para-hydroxylation sites is 2. The molecule has 2 saturated heterocycles. The lowest BCUT2D eigenvalue weighted by Crippen LogP contribution is -2.71. The maximum Gasteiger partial charge on any atom is 0.229 e. The van der Waals surface area contributed by atoms with E-state index in [9.17, 15) is 8.76 Å². The van der Waals surface area contributed by atoms with Crippen molar-refractivity contribution in [3.63, 3.8) is 0 Å². The number of nitrogens with one attached hydrogen (secondary N) is 3. The fourth-order valence-electron chi connectivity index (χ4n) is 4.33. The van der Waals surface area contributed by atoms with Crippen LogP contribution >= 0.6 is 11.6 Å². The third-order valence-corrected chi connectivity index (χ3v) is 7.23. The molecule has 0 bridgehead atoms. The molecule has 3 heterocycles. The van der Waals surface area contributed by atoms with Gasteiger partial charge >= 0.3 is 0 Å². The molecule has 10 nitrogen and oxygen atoms in total. The van der Waals surface area contributed by atoms with Gasteiger partial charge in [-0.25, -0.2) is 4.98 Å². The van der Waals surface area contributed by atoms with Crippen LogP contribution in [0.25, 0.3) is 0 Å². The van der Waals surface area contributed by atoms with Crippen LogP contribution in [0.3, 0.4) is 0 Å². The van der Waals surface area contributed by atoms with Gasteiger partial charge in [-0.1, -0.05) is 23.7 Å². The van der Waals surface area contributed by atoms with Gasteiger partial charge in [0.2, 0.25) is 5.95 Å². The van der Waals surface area contributed by atoms with Crippen LogP contribution < -0.4 is 29.9 Å². The zero-order chi connectivity index (χ0) is 24.6. The van der Waals surface area contributed by atoms with Crippen molar-refractivity contribution in [1.29, 1.82) is 0 Å². The molecule has 2 aliphatic heterocycles. The Morgan fingerprint density at radius 1 is 1.20 bits per heavy atom. The molecule has 184 valence electrons. The van der Waals surface area contributed by atoms with Crippen LogP contribution in [0, 0.1) is 5.41 Å². The molecule has 1 aromatic heterocycles. The van der Waals surface area contributed by atoms with Gasteiger partial charge in [0.05, 0.1) is 30.4 Å². The topological polar surface area (TPSA) is 118 Å². The molecule has 1 unspecified atom stereocenters. The Labute approximate surface area is 211 Å². The van der Waals surface area contributed by atoms with Gasteiger partial charge in [0.25, 0.3) is 0 Å². The molecule has 1 spiro atoms. The van der Waals surface area contributed by atoms with Crippen molar-refractivity contribution >= 4 is 57.4 Å². The molecule has 2 aromatic carbocycles. The number of benzene rings is 2. The minimum atomic E-state index is -2.43. The fourth-order valence-corrected chi connectivity index (χ4v) is 4.78. The second kappa shape index (κ2) is 9.50. The SMILES string of the molecule is COc1cc(N2CC3(CNC3)C2)ccc1Nc1ncc(Cl)c(Nc2ccccc2N(C)S(=O)[O-])n1. The molecule has 0 amide bonds. The molecule has 2 aliphatic rings. The quantitative estimate of drug-likeness (QED) is 0.389. The predicted octanol–water partition coefficient (Wildman–Crippen LogP) is 3.27. The monoisotopic (exact) mass is 514 g/mol. The summed E-state index contributed by atoms with van der Waals surface area (Å²) in [5, 5.41) is 9.94. The number of ether oxygens (including phenoxy) is 1. The predicted molar refractivity (Wildman–Crippen MR) is 138 cm³/mol. The summed E-state index contributed by atoms with van der Waals surface area (Å²) in [5.74, 6) is 1.31. The molecular formula is C23H25ClN7O3S-. The molecule has 0 saturated carbocycles. The highest BCUT2D eigenvalue weighted by molar-refractivity contribution is 7.80. The number of hydrogen-bond acceptors (Lipinski definition) is 9. The van der Waals surface area contributed by atoms with E-state index in [2.05, 4.69) is 30.8 Å². The van der Waals surface area contributed by atoms with Crippen molar-refractivity contribution in [3.05, 3.63) is 53.7 Å². The van der Waals surface area contributed by atoms with E-state index in [0.717, 1.165) is 36.2 Å². The summed E-state index contributed by atoms with van der Waals surface area (Å²) < 4.78 is 29.6. The van der Waals surface area contributed by atoms with Gasteiger partial charge < -0.3 is 34.4 Å². The lowest BCUT2D eigenvalue weighted by Gasteiger charge is -2.57. The van der Waals surface area contributed by atoms with Crippen molar-refractivity contribution in [2.24, 2.45) is 5.41 Å². The first kappa shape index (κ1) is 23.6. The lowest BCUT2D eigenvalue weighted by atomic mass is 9.74. The fraction of sp³-hybridized carbons (Fsp3) is 0.304. The Bertz CT molecular complexity index is 1270. The molecule has 2 fully saturated rings. The summed E-state index contributed by atoms with van der Waals surface area (Å²) in [6.45, 7) is 4.25. The van der Waals surface area contributed by atoms with Crippen LogP contribution in [0.1, 0.15) is 0 Å². The number of nitrogens with zero attached hydrogens (tertiary/aromatic N) is 4. The maximum atomic E-state index is 11.4. The molecular weight excluding hydrogens is 490 g/mol. The van der Waals surface area contributed by atoms with E-state index < -0.39 is 11.3 Å². The molecule has 0 radical (unpaired) electrons. The van der Waals surface area contributed by atoms with Crippen molar-refractivity contribution in [1.82, 2.24) is 15.3 Å². The Kier molecular flexibility index (Phi) is 6.41. The molecule has 3 aromatic rings. The van der Waals surface area contributed by atoms with E-state index in [1.54, 1.807) is 31.4 Å². The summed E-state index contributed by atoms with van der Waals surface area (Å²) in [6.07, 6.45) is 1.48. The van der Waals surface area contributed by atoms with E-state index in [4.69, 9.17) is 16.3 Å². The zero-order valence-corrected chi connectivity index (χ0v) is 20.8. The molecule has 5 rings (SSSR count). The van der Waals surface area contributed by atoms with Crippen LogP contribution in [0.2, 0.25) is 5.02 Å². The standard InChI is InChI=1S/C23H26ClN7O3S/c1-30(35(32)33)19-6-4-3-5-17(19)27-21-16(24)10-26-22(29-21)28-18-8-7-15(9-20(18)34-2)31-13-23(14-31)11-25-12-23/h3-10,25H,11-14H2,1-2H3,(H,32,33)(H2,26,27,28,29)/p-1. The minimum Gasteiger partial charge on any atom is -0.755 e. The third kappa shape index (κ3) is 4.72. The van der Waals surface area contributed by atoms with Gasteiger partial charge in [-0.2, -0.15) is 4.98 Å². The Morgan fingerprint density at radius 3 is 2.66 bits per heavy atom. The Balaban J connectivity index is 1.35. The van der Waals surface area contributed by atoms with Crippen molar-refractivity contribution < 1.29 is 13.5 Å². The van der Waals surface area contributed by atoms with E-state index in [1.807, 2.05) is 18.2 Å². The zero-order valence-electron chi connectivity index (χ0n) is 19.2. The molecule has 1 atom stereocenters. The highest BCUT2D eigenvalue weighted by Gasteiger charge is 2.47. The van der Waals surface area contributed by atoms with Crippen LogP contribution in [0.15, 0.2) is 48.7 Å². The number of methoxy groups -OCH3 is 1. The minimum absolute atomic E-state index is 0.288. The van der Waals surface area contributed by atoms with Gasteiger partial charge in [0.1, 0.15) is 10.8 Å². The third-order valence-electron chi connectivity index (χ3n) is 6.31. The van der Waals surface area contributed by atoms with Gasteiger partial charge in [0.15, 0.2) is 5.82 Å². The smallest absolute Gasteiger partial charge is 0.229 e. The highest BCUT2D eigenvalue weighted by atomic mass is 35.5. The second-order valence-electron chi connectivity index (χ2n) is 8.72. The van der Waals surface area contributed by atoms with Gasteiger partial charge in [-0.15, -0.1) is 0 Å². The lowest BCUT2D eigenvalue weighted by molar-refractivity contribution is 0.121. The highest BCUT2D eigenvalue weighted by Crippen LogP contribution is 2.40. The Morgan fingerprint density at radius 2 is 1.97 bits per heavy atom. The van der Waals surface area contributed by atoms with Crippen molar-refractivity contribution in [3.8, 4) is 5.75 Å². The normalized spacial score (nSPS) is 16.7. The largest absolute Gasteiger partial charge is 0.755 e. The van der Waals surface area contributed by atoms with Crippen LogP contribution in [-0.2, 0) is 11.3 Å². The first-order valence-corrected chi connectivity index (χ1v) is 12.4. The number of aromatic nitrogens is 2. The molecule has 35 heavy (non-hydrogen) atoms. The van der Waals surface area contributed by atoms with E-state index in [0.29, 0.717) is 40.0 Å². The van der Waals surface area contributed by atoms with Crippen molar-refractivity contribution in [2.45, 2.75) is 0 Å². The van der Waals surface area contributed by atoms with E-state index in [1.165, 1.54) is 13.2 Å². The summed E-state index contributed by atoms with van der Waals surface area (Å²) in [5.41, 5.74) is 3.24. The number of anilines is 6. The van der Waals surface area contributed by atoms with E-state index >= 15 is 0 Å².